The Labute approximate surface area is 89.3 Å². The summed E-state index contributed by atoms with van der Waals surface area (Å²) in [5, 5.41) is 2.11. The van der Waals surface area contributed by atoms with Gasteiger partial charge in [-0.1, -0.05) is 6.07 Å². The maximum Gasteiger partial charge on any atom is 0.401 e. The molecule has 0 aliphatic heterocycles. The fourth-order valence-electron chi connectivity index (χ4n) is 1.23. The van der Waals surface area contributed by atoms with Crippen molar-refractivity contribution in [2.75, 3.05) is 6.54 Å². The van der Waals surface area contributed by atoms with Gasteiger partial charge >= 0.3 is 6.18 Å². The molecule has 0 aromatic heterocycles. The van der Waals surface area contributed by atoms with Crippen LogP contribution in [-0.2, 0) is 0 Å². The number of rotatable bonds is 3. The smallest absolute Gasteiger partial charge is 0.302 e. The summed E-state index contributed by atoms with van der Waals surface area (Å²) in [4.78, 5) is 0. The third-order valence-corrected chi connectivity index (χ3v) is 2.04. The Morgan fingerprint density at radius 2 is 1.88 bits per heavy atom. The van der Waals surface area contributed by atoms with Crippen LogP contribution in [0.1, 0.15) is 18.5 Å². The van der Waals surface area contributed by atoms with E-state index in [9.17, 15) is 22.0 Å². The zero-order valence-electron chi connectivity index (χ0n) is 8.41. The summed E-state index contributed by atoms with van der Waals surface area (Å²) in [6.07, 6.45) is -4.36. The molecule has 0 saturated heterocycles. The lowest BCUT2D eigenvalue weighted by Gasteiger charge is -2.16. The van der Waals surface area contributed by atoms with Crippen molar-refractivity contribution >= 4 is 0 Å². The van der Waals surface area contributed by atoms with Crippen molar-refractivity contribution in [3.8, 4) is 0 Å². The minimum Gasteiger partial charge on any atom is -0.302 e. The lowest BCUT2D eigenvalue weighted by Crippen LogP contribution is -2.31. The molecule has 0 bridgehead atoms. The van der Waals surface area contributed by atoms with Gasteiger partial charge in [0.2, 0.25) is 0 Å². The van der Waals surface area contributed by atoms with E-state index in [0.29, 0.717) is 6.07 Å². The van der Waals surface area contributed by atoms with E-state index < -0.39 is 30.4 Å². The maximum atomic E-state index is 13.2. The molecule has 16 heavy (non-hydrogen) atoms. The first-order valence-corrected chi connectivity index (χ1v) is 4.54. The highest BCUT2D eigenvalue weighted by atomic mass is 19.4. The first kappa shape index (κ1) is 12.9. The molecule has 0 heterocycles. The molecule has 90 valence electrons. The van der Waals surface area contributed by atoms with Gasteiger partial charge in [0.05, 0.1) is 6.54 Å². The predicted molar refractivity (Wildman–Crippen MR) is 48.8 cm³/mol. The quantitative estimate of drug-likeness (QED) is 0.799. The van der Waals surface area contributed by atoms with Gasteiger partial charge in [-0.2, -0.15) is 13.2 Å². The van der Waals surface area contributed by atoms with Crippen LogP contribution in [0.4, 0.5) is 22.0 Å². The molecule has 0 spiro atoms. The summed E-state index contributed by atoms with van der Waals surface area (Å²) in [7, 11) is 0. The lowest BCUT2D eigenvalue weighted by atomic mass is 10.1. The van der Waals surface area contributed by atoms with Crippen LogP contribution in [0, 0.1) is 11.6 Å². The molecular formula is C10H10F5N. The molecule has 0 aliphatic rings. The van der Waals surface area contributed by atoms with Crippen molar-refractivity contribution < 1.29 is 22.0 Å². The van der Waals surface area contributed by atoms with Gasteiger partial charge < -0.3 is 5.32 Å². The minimum atomic E-state index is -4.36. The molecule has 0 fully saturated rings. The van der Waals surface area contributed by atoms with Crippen molar-refractivity contribution in [3.63, 3.8) is 0 Å². The van der Waals surface area contributed by atoms with E-state index in [1.54, 1.807) is 0 Å². The van der Waals surface area contributed by atoms with Crippen LogP contribution in [0.15, 0.2) is 18.2 Å². The predicted octanol–water partition coefficient (Wildman–Crippen LogP) is 3.18. The van der Waals surface area contributed by atoms with E-state index in [1.165, 1.54) is 6.92 Å². The Hall–Kier alpha value is -1.17. The van der Waals surface area contributed by atoms with Gasteiger partial charge in [-0.05, 0) is 13.0 Å². The molecule has 0 amide bonds. The van der Waals surface area contributed by atoms with E-state index in [4.69, 9.17) is 0 Å². The van der Waals surface area contributed by atoms with Gasteiger partial charge in [0, 0.05) is 17.7 Å². The molecule has 1 nitrogen and oxygen atoms in total. The first-order valence-electron chi connectivity index (χ1n) is 4.54. The third-order valence-electron chi connectivity index (χ3n) is 2.04. The van der Waals surface area contributed by atoms with Crippen molar-refractivity contribution in [3.05, 3.63) is 35.4 Å². The highest BCUT2D eigenvalue weighted by Gasteiger charge is 2.27. The normalized spacial score (nSPS) is 13.9. The van der Waals surface area contributed by atoms with E-state index in [1.807, 2.05) is 0 Å². The Kier molecular flexibility index (Phi) is 3.85. The van der Waals surface area contributed by atoms with Crippen LogP contribution >= 0.6 is 0 Å². The van der Waals surface area contributed by atoms with Gasteiger partial charge in [-0.3, -0.25) is 0 Å². The Morgan fingerprint density at radius 1 is 1.25 bits per heavy atom. The molecule has 1 rings (SSSR count). The third kappa shape index (κ3) is 3.77. The van der Waals surface area contributed by atoms with Crippen molar-refractivity contribution in [1.29, 1.82) is 0 Å². The zero-order chi connectivity index (χ0) is 12.3. The van der Waals surface area contributed by atoms with E-state index in [0.717, 1.165) is 12.1 Å². The number of halogens is 5. The number of hydrogen-bond acceptors (Lipinski definition) is 1. The molecular weight excluding hydrogens is 229 g/mol. The van der Waals surface area contributed by atoms with Crippen molar-refractivity contribution in [2.24, 2.45) is 0 Å². The van der Waals surface area contributed by atoms with E-state index in [-0.39, 0.29) is 5.56 Å². The molecule has 1 unspecified atom stereocenters. The number of nitrogens with one attached hydrogen (secondary N) is 1. The molecule has 6 heteroatoms. The lowest BCUT2D eigenvalue weighted by molar-refractivity contribution is -0.126. The number of benzene rings is 1. The van der Waals surface area contributed by atoms with Crippen LogP contribution in [-0.4, -0.2) is 12.7 Å². The second kappa shape index (κ2) is 4.78. The van der Waals surface area contributed by atoms with Gasteiger partial charge in [0.1, 0.15) is 11.6 Å². The second-order valence-corrected chi connectivity index (χ2v) is 3.38. The summed E-state index contributed by atoms with van der Waals surface area (Å²) >= 11 is 0. The molecule has 0 saturated carbocycles. The molecule has 1 aromatic carbocycles. The summed E-state index contributed by atoms with van der Waals surface area (Å²) in [6.45, 7) is 0.160. The van der Waals surface area contributed by atoms with E-state index >= 15 is 0 Å². The van der Waals surface area contributed by atoms with Gasteiger partial charge in [-0.15, -0.1) is 0 Å². The van der Waals surface area contributed by atoms with Crippen LogP contribution < -0.4 is 5.32 Å². The molecule has 0 radical (unpaired) electrons. The number of alkyl halides is 3. The van der Waals surface area contributed by atoms with Crippen LogP contribution in [0.5, 0.6) is 0 Å². The van der Waals surface area contributed by atoms with Crippen LogP contribution in [0.2, 0.25) is 0 Å². The maximum absolute atomic E-state index is 13.2. The molecule has 1 aromatic rings. The fraction of sp³-hybridized carbons (Fsp3) is 0.400. The van der Waals surface area contributed by atoms with Gasteiger partial charge in [0.15, 0.2) is 0 Å². The van der Waals surface area contributed by atoms with Gasteiger partial charge in [-0.25, -0.2) is 8.78 Å². The standard InChI is InChI=1S/C10H10F5N/c1-6(16-5-10(13,14)15)8-3-2-7(11)4-9(8)12/h2-4,6,16H,5H2,1H3. The first-order chi connectivity index (χ1) is 7.29. The zero-order valence-corrected chi connectivity index (χ0v) is 8.41. The Morgan fingerprint density at radius 3 is 2.38 bits per heavy atom. The Bertz CT molecular complexity index is 361. The second-order valence-electron chi connectivity index (χ2n) is 3.38. The number of hydrogen-bond donors (Lipinski definition) is 1. The van der Waals surface area contributed by atoms with Crippen LogP contribution in [0.25, 0.3) is 0 Å². The van der Waals surface area contributed by atoms with Crippen molar-refractivity contribution in [2.45, 2.75) is 19.1 Å². The fourth-order valence-corrected chi connectivity index (χ4v) is 1.23. The summed E-state index contributed by atoms with van der Waals surface area (Å²) < 4.78 is 61.3. The topological polar surface area (TPSA) is 12.0 Å². The SMILES string of the molecule is CC(NCC(F)(F)F)c1ccc(F)cc1F. The molecule has 1 N–H and O–H groups in total. The average Bonchev–Trinajstić information content (AvgIpc) is 2.13. The Balaban J connectivity index is 2.70. The summed E-state index contributed by atoms with van der Waals surface area (Å²) in [5.41, 5.74) is 0.00523. The summed E-state index contributed by atoms with van der Waals surface area (Å²) in [5.74, 6) is -1.62. The summed E-state index contributed by atoms with van der Waals surface area (Å²) in [6, 6.07) is 1.94. The molecule has 1 atom stereocenters. The minimum absolute atomic E-state index is 0.00523. The average molecular weight is 239 g/mol. The van der Waals surface area contributed by atoms with Crippen molar-refractivity contribution in [1.82, 2.24) is 5.32 Å². The highest BCUT2D eigenvalue weighted by Crippen LogP contribution is 2.20. The monoisotopic (exact) mass is 239 g/mol. The van der Waals surface area contributed by atoms with Gasteiger partial charge in [0.25, 0.3) is 0 Å². The largest absolute Gasteiger partial charge is 0.401 e. The highest BCUT2D eigenvalue weighted by molar-refractivity contribution is 5.21. The molecule has 0 aliphatic carbocycles. The van der Waals surface area contributed by atoms with E-state index in [2.05, 4.69) is 5.32 Å². The van der Waals surface area contributed by atoms with Crippen LogP contribution in [0.3, 0.4) is 0 Å².